The van der Waals surface area contributed by atoms with E-state index >= 15 is 0 Å². The second-order valence-electron chi connectivity index (χ2n) is 3.32. The van der Waals surface area contributed by atoms with Gasteiger partial charge in [-0.1, -0.05) is 35.0 Å². The summed E-state index contributed by atoms with van der Waals surface area (Å²) in [5, 5.41) is 3.68. The van der Waals surface area contributed by atoms with Crippen LogP contribution in [0.5, 0.6) is 0 Å². The Hall–Kier alpha value is -1.84. The summed E-state index contributed by atoms with van der Waals surface area (Å²) in [6.07, 6.45) is -0.783. The van der Waals surface area contributed by atoms with Crippen molar-refractivity contribution in [1.29, 1.82) is 0 Å². The third-order valence-electron chi connectivity index (χ3n) is 1.99. The highest BCUT2D eigenvalue weighted by molar-refractivity contribution is 5.98. The van der Waals surface area contributed by atoms with E-state index in [0.717, 1.165) is 5.56 Å². The van der Waals surface area contributed by atoms with Crippen LogP contribution in [0.1, 0.15) is 25.0 Å². The fourth-order valence-electron chi connectivity index (χ4n) is 1.10. The molecule has 0 aromatic heterocycles. The molecule has 0 heterocycles. The standard InChI is InChI=1S/C12H15NO3/c1-4-15-12(14)16-13-10(3)11-7-5-9(2)6-8-11/h5-8H,4H2,1-3H3/b13-10+. The van der Waals surface area contributed by atoms with Crippen molar-refractivity contribution in [2.45, 2.75) is 20.8 Å². The van der Waals surface area contributed by atoms with Crippen LogP contribution in [0.15, 0.2) is 29.4 Å². The Kier molecular flexibility index (Phi) is 4.51. The summed E-state index contributed by atoms with van der Waals surface area (Å²) in [4.78, 5) is 15.4. The van der Waals surface area contributed by atoms with Gasteiger partial charge in [0.25, 0.3) is 0 Å². The molecule has 0 amide bonds. The number of ether oxygens (including phenoxy) is 1. The number of rotatable bonds is 3. The first-order valence-electron chi connectivity index (χ1n) is 5.09. The van der Waals surface area contributed by atoms with Gasteiger partial charge in [0, 0.05) is 0 Å². The number of oxime groups is 1. The first-order valence-corrected chi connectivity index (χ1v) is 5.09. The number of aryl methyl sites for hydroxylation is 1. The van der Waals surface area contributed by atoms with Crippen molar-refractivity contribution in [2.75, 3.05) is 6.61 Å². The van der Waals surface area contributed by atoms with E-state index in [4.69, 9.17) is 0 Å². The van der Waals surface area contributed by atoms with Gasteiger partial charge >= 0.3 is 6.16 Å². The Bertz CT molecular complexity index is 382. The summed E-state index contributed by atoms with van der Waals surface area (Å²) in [6.45, 7) is 5.75. The van der Waals surface area contributed by atoms with Gasteiger partial charge in [-0.05, 0) is 26.3 Å². The van der Waals surface area contributed by atoms with Gasteiger partial charge in [-0.2, -0.15) is 0 Å². The summed E-state index contributed by atoms with van der Waals surface area (Å²) in [6, 6.07) is 7.78. The SMILES string of the molecule is CCOC(=O)O/N=C(\C)c1ccc(C)cc1. The van der Waals surface area contributed by atoms with E-state index in [9.17, 15) is 4.79 Å². The molecule has 0 spiro atoms. The highest BCUT2D eigenvalue weighted by Gasteiger charge is 2.02. The smallest absolute Gasteiger partial charge is 0.433 e. The number of benzene rings is 1. The first kappa shape index (κ1) is 12.2. The average Bonchev–Trinajstić information content (AvgIpc) is 2.27. The van der Waals surface area contributed by atoms with E-state index < -0.39 is 6.16 Å². The van der Waals surface area contributed by atoms with Crippen LogP contribution in [0.25, 0.3) is 0 Å². The van der Waals surface area contributed by atoms with Crippen LogP contribution in [0.3, 0.4) is 0 Å². The Labute approximate surface area is 94.9 Å². The lowest BCUT2D eigenvalue weighted by Gasteiger charge is -2.01. The van der Waals surface area contributed by atoms with E-state index in [1.807, 2.05) is 31.2 Å². The minimum atomic E-state index is -0.783. The molecule has 0 aliphatic rings. The Morgan fingerprint density at radius 2 is 1.94 bits per heavy atom. The Balaban J connectivity index is 2.63. The molecule has 0 aliphatic carbocycles. The zero-order chi connectivity index (χ0) is 12.0. The van der Waals surface area contributed by atoms with E-state index in [2.05, 4.69) is 14.7 Å². The lowest BCUT2D eigenvalue weighted by molar-refractivity contribution is 0.0613. The third kappa shape index (κ3) is 3.73. The molecule has 4 heteroatoms. The molecule has 0 radical (unpaired) electrons. The van der Waals surface area contributed by atoms with Gasteiger partial charge in [-0.25, -0.2) is 4.79 Å². The molecule has 0 saturated carbocycles. The van der Waals surface area contributed by atoms with Crippen LogP contribution in [0.2, 0.25) is 0 Å². The summed E-state index contributed by atoms with van der Waals surface area (Å²) in [7, 11) is 0. The van der Waals surface area contributed by atoms with Crippen molar-refractivity contribution < 1.29 is 14.4 Å². The molecule has 16 heavy (non-hydrogen) atoms. The fourth-order valence-corrected chi connectivity index (χ4v) is 1.10. The highest BCUT2D eigenvalue weighted by Crippen LogP contribution is 2.05. The molecule has 0 fully saturated rings. The maximum absolute atomic E-state index is 10.9. The molecule has 0 atom stereocenters. The van der Waals surface area contributed by atoms with Crippen LogP contribution < -0.4 is 0 Å². The summed E-state index contributed by atoms with van der Waals surface area (Å²) < 4.78 is 4.58. The summed E-state index contributed by atoms with van der Waals surface area (Å²) in [5.41, 5.74) is 2.71. The normalized spacial score (nSPS) is 11.1. The Morgan fingerprint density at radius 3 is 2.50 bits per heavy atom. The van der Waals surface area contributed by atoms with Crippen molar-refractivity contribution in [3.8, 4) is 0 Å². The molecule has 1 aromatic rings. The molecule has 1 aromatic carbocycles. The zero-order valence-electron chi connectivity index (χ0n) is 9.69. The van der Waals surface area contributed by atoms with Crippen LogP contribution in [-0.4, -0.2) is 18.5 Å². The van der Waals surface area contributed by atoms with E-state index in [1.165, 1.54) is 5.56 Å². The minimum Gasteiger partial charge on any atom is -0.433 e. The molecule has 0 unspecified atom stereocenters. The molecule has 86 valence electrons. The van der Waals surface area contributed by atoms with Gasteiger partial charge in [0.15, 0.2) is 0 Å². The molecule has 0 aliphatic heterocycles. The van der Waals surface area contributed by atoms with Crippen LogP contribution in [-0.2, 0) is 9.57 Å². The van der Waals surface area contributed by atoms with Gasteiger partial charge < -0.3 is 4.74 Å². The van der Waals surface area contributed by atoms with Crippen molar-refractivity contribution in [3.05, 3.63) is 35.4 Å². The number of carbonyl (C=O) groups excluding carboxylic acids is 1. The number of hydrogen-bond donors (Lipinski definition) is 0. The van der Waals surface area contributed by atoms with Gasteiger partial charge in [-0.3, -0.25) is 4.84 Å². The van der Waals surface area contributed by atoms with Gasteiger partial charge in [0.2, 0.25) is 0 Å². The van der Waals surface area contributed by atoms with Crippen molar-refractivity contribution in [3.63, 3.8) is 0 Å². The maximum Gasteiger partial charge on any atom is 0.535 e. The van der Waals surface area contributed by atoms with Crippen LogP contribution in [0, 0.1) is 6.92 Å². The van der Waals surface area contributed by atoms with Crippen LogP contribution >= 0.6 is 0 Å². The monoisotopic (exact) mass is 221 g/mol. The van der Waals surface area contributed by atoms with Gasteiger partial charge in [-0.15, -0.1) is 0 Å². The summed E-state index contributed by atoms with van der Waals surface area (Å²) in [5.74, 6) is 0. The molecule has 1 rings (SSSR count). The predicted molar refractivity (Wildman–Crippen MR) is 61.5 cm³/mol. The molecule has 4 nitrogen and oxygen atoms in total. The zero-order valence-corrected chi connectivity index (χ0v) is 9.69. The van der Waals surface area contributed by atoms with Crippen molar-refractivity contribution >= 4 is 11.9 Å². The molecule has 0 N–H and O–H groups in total. The fraction of sp³-hybridized carbons (Fsp3) is 0.333. The first-order chi connectivity index (χ1) is 7.63. The second kappa shape index (κ2) is 5.90. The highest BCUT2D eigenvalue weighted by atomic mass is 16.8. The van der Waals surface area contributed by atoms with Gasteiger partial charge in [0.05, 0.1) is 12.3 Å². The van der Waals surface area contributed by atoms with E-state index in [1.54, 1.807) is 13.8 Å². The molecular formula is C12H15NO3. The van der Waals surface area contributed by atoms with E-state index in [-0.39, 0.29) is 6.61 Å². The van der Waals surface area contributed by atoms with Crippen molar-refractivity contribution in [1.82, 2.24) is 0 Å². The molecular weight excluding hydrogens is 206 g/mol. The lowest BCUT2D eigenvalue weighted by atomic mass is 10.1. The Morgan fingerprint density at radius 1 is 1.31 bits per heavy atom. The number of nitrogens with zero attached hydrogens (tertiary/aromatic N) is 1. The van der Waals surface area contributed by atoms with Crippen LogP contribution in [0.4, 0.5) is 4.79 Å². The minimum absolute atomic E-state index is 0.276. The lowest BCUT2D eigenvalue weighted by Crippen LogP contribution is -2.05. The number of carbonyl (C=O) groups is 1. The summed E-state index contributed by atoms with van der Waals surface area (Å²) >= 11 is 0. The maximum atomic E-state index is 10.9. The largest absolute Gasteiger partial charge is 0.535 e. The molecule has 0 bridgehead atoms. The topological polar surface area (TPSA) is 47.9 Å². The second-order valence-corrected chi connectivity index (χ2v) is 3.32. The third-order valence-corrected chi connectivity index (χ3v) is 1.99. The predicted octanol–water partition coefficient (Wildman–Crippen LogP) is 2.89. The average molecular weight is 221 g/mol. The molecule has 0 saturated heterocycles. The van der Waals surface area contributed by atoms with E-state index in [0.29, 0.717) is 5.71 Å². The van der Waals surface area contributed by atoms with Gasteiger partial charge in [0.1, 0.15) is 0 Å². The number of hydrogen-bond acceptors (Lipinski definition) is 4. The van der Waals surface area contributed by atoms with Crippen molar-refractivity contribution in [2.24, 2.45) is 5.16 Å². The quantitative estimate of drug-likeness (QED) is 0.341.